The molecule has 0 atom stereocenters. The van der Waals surface area contributed by atoms with Gasteiger partial charge in [-0.2, -0.15) is 0 Å². The second-order valence-electron chi connectivity index (χ2n) is 2.35. The summed E-state index contributed by atoms with van der Waals surface area (Å²) in [5.41, 5.74) is 7.52. The lowest BCUT2D eigenvalue weighted by Gasteiger charge is -1.95. The minimum absolute atomic E-state index is 0.112. The Labute approximate surface area is 72.8 Å². The molecule has 5 heteroatoms. The van der Waals surface area contributed by atoms with Crippen LogP contribution in [-0.2, 0) is 0 Å². The smallest absolute Gasteiger partial charge is 0.171 e. The van der Waals surface area contributed by atoms with Crippen LogP contribution >= 0.6 is 12.3 Å². The molecule has 3 nitrogen and oxygen atoms in total. The number of hydrogen-bond acceptors (Lipinski definition) is 3. The van der Waals surface area contributed by atoms with Crippen molar-refractivity contribution >= 4 is 29.1 Å². The van der Waals surface area contributed by atoms with Crippen molar-refractivity contribution in [3.63, 3.8) is 0 Å². The van der Waals surface area contributed by atoms with Crippen LogP contribution in [0.15, 0.2) is 24.5 Å². The average Bonchev–Trinajstić information content (AvgIpc) is 2.49. The van der Waals surface area contributed by atoms with E-state index >= 15 is 0 Å². The SMILES string of the molecule is Nc1cccc2c1ncn2SF. The Morgan fingerprint density at radius 3 is 3.08 bits per heavy atom. The van der Waals surface area contributed by atoms with Crippen molar-refractivity contribution in [2.24, 2.45) is 0 Å². The van der Waals surface area contributed by atoms with Crippen molar-refractivity contribution in [3.8, 4) is 0 Å². The zero-order chi connectivity index (χ0) is 8.55. The number of halogens is 1. The lowest BCUT2D eigenvalue weighted by atomic mass is 10.3. The Balaban J connectivity index is 2.80. The molecule has 0 saturated heterocycles. The van der Waals surface area contributed by atoms with E-state index in [1.807, 2.05) is 0 Å². The maximum Gasteiger partial charge on any atom is 0.171 e. The van der Waals surface area contributed by atoms with E-state index in [2.05, 4.69) is 4.98 Å². The van der Waals surface area contributed by atoms with E-state index in [4.69, 9.17) is 5.73 Å². The number of nitrogen functional groups attached to an aromatic ring is 1. The summed E-state index contributed by atoms with van der Waals surface area (Å²) in [5.74, 6) is 0. The first-order valence-corrected chi connectivity index (χ1v) is 4.01. The summed E-state index contributed by atoms with van der Waals surface area (Å²) in [4.78, 5) is 3.97. The fourth-order valence-corrected chi connectivity index (χ4v) is 1.40. The van der Waals surface area contributed by atoms with Crippen molar-refractivity contribution in [3.05, 3.63) is 24.5 Å². The molecule has 0 aliphatic rings. The first-order chi connectivity index (χ1) is 5.83. The molecule has 0 unspecified atom stereocenters. The molecule has 0 bridgehead atoms. The Kier molecular flexibility index (Phi) is 1.65. The first-order valence-electron chi connectivity index (χ1n) is 3.33. The lowest BCUT2D eigenvalue weighted by molar-refractivity contribution is 0.919. The monoisotopic (exact) mass is 183 g/mol. The quantitative estimate of drug-likeness (QED) is 0.687. The van der Waals surface area contributed by atoms with Crippen molar-refractivity contribution in [1.82, 2.24) is 8.96 Å². The molecular weight excluding hydrogens is 177 g/mol. The summed E-state index contributed by atoms with van der Waals surface area (Å²) in [6.45, 7) is 0. The normalized spacial score (nSPS) is 10.8. The maximum absolute atomic E-state index is 12.2. The molecule has 1 aromatic carbocycles. The number of para-hydroxylation sites is 1. The van der Waals surface area contributed by atoms with E-state index in [-0.39, 0.29) is 12.3 Å². The molecule has 0 aliphatic heterocycles. The fraction of sp³-hybridized carbons (Fsp3) is 0. The van der Waals surface area contributed by atoms with Crippen LogP contribution in [0.5, 0.6) is 0 Å². The molecule has 12 heavy (non-hydrogen) atoms. The number of benzene rings is 1. The van der Waals surface area contributed by atoms with Gasteiger partial charge in [-0.3, -0.25) is 0 Å². The third-order valence-corrected chi connectivity index (χ3v) is 2.09. The Hall–Kier alpha value is -1.23. The van der Waals surface area contributed by atoms with Gasteiger partial charge >= 0.3 is 0 Å². The molecule has 1 heterocycles. The van der Waals surface area contributed by atoms with Gasteiger partial charge in [0.2, 0.25) is 0 Å². The highest BCUT2D eigenvalue weighted by Crippen LogP contribution is 2.22. The van der Waals surface area contributed by atoms with Gasteiger partial charge in [0.05, 0.1) is 11.2 Å². The molecule has 0 amide bonds. The second kappa shape index (κ2) is 2.67. The van der Waals surface area contributed by atoms with E-state index in [9.17, 15) is 3.89 Å². The second-order valence-corrected chi connectivity index (χ2v) is 2.89. The van der Waals surface area contributed by atoms with Crippen LogP contribution in [0.2, 0.25) is 0 Å². The number of nitrogens with zero attached hydrogens (tertiary/aromatic N) is 2. The molecule has 0 radical (unpaired) electrons. The maximum atomic E-state index is 12.2. The third kappa shape index (κ3) is 0.937. The standard InChI is InChI=1S/C7H6FN3S/c8-12-11-4-10-7-5(9)2-1-3-6(7)11/h1-4H,9H2. The van der Waals surface area contributed by atoms with E-state index in [0.717, 1.165) is 0 Å². The van der Waals surface area contributed by atoms with Crippen molar-refractivity contribution < 1.29 is 3.89 Å². The van der Waals surface area contributed by atoms with Gasteiger partial charge in [-0.05, 0) is 12.1 Å². The summed E-state index contributed by atoms with van der Waals surface area (Å²) < 4.78 is 13.5. The summed E-state index contributed by atoms with van der Waals surface area (Å²) in [5, 5.41) is 0. The van der Waals surface area contributed by atoms with E-state index in [1.54, 1.807) is 18.2 Å². The average molecular weight is 183 g/mol. The molecular formula is C7H6FN3S. The zero-order valence-corrected chi connectivity index (χ0v) is 6.88. The predicted molar refractivity (Wildman–Crippen MR) is 48.2 cm³/mol. The minimum Gasteiger partial charge on any atom is -0.397 e. The predicted octanol–water partition coefficient (Wildman–Crippen LogP) is 2.00. The first kappa shape index (κ1) is 7.42. The Morgan fingerprint density at radius 1 is 1.50 bits per heavy atom. The zero-order valence-electron chi connectivity index (χ0n) is 6.07. The highest BCUT2D eigenvalue weighted by Gasteiger charge is 2.04. The Bertz CT molecular complexity index is 412. The van der Waals surface area contributed by atoms with Gasteiger partial charge in [0, 0.05) is 0 Å². The van der Waals surface area contributed by atoms with E-state index in [0.29, 0.717) is 16.7 Å². The number of fused-ring (bicyclic) bond motifs is 1. The summed E-state index contributed by atoms with van der Waals surface area (Å²) in [6, 6.07) is 5.28. The van der Waals surface area contributed by atoms with Crippen molar-refractivity contribution in [2.75, 3.05) is 5.73 Å². The van der Waals surface area contributed by atoms with Crippen molar-refractivity contribution in [2.45, 2.75) is 0 Å². The van der Waals surface area contributed by atoms with Gasteiger partial charge in [0.15, 0.2) is 12.3 Å². The van der Waals surface area contributed by atoms with Gasteiger partial charge in [0.25, 0.3) is 0 Å². The molecule has 2 rings (SSSR count). The van der Waals surface area contributed by atoms with E-state index < -0.39 is 0 Å². The van der Waals surface area contributed by atoms with Crippen molar-refractivity contribution in [1.29, 1.82) is 0 Å². The highest BCUT2D eigenvalue weighted by molar-refractivity contribution is 7.92. The number of rotatable bonds is 1. The van der Waals surface area contributed by atoms with Gasteiger partial charge < -0.3 is 5.73 Å². The number of aromatic nitrogens is 2. The van der Waals surface area contributed by atoms with Gasteiger partial charge in [-0.25, -0.2) is 8.96 Å². The summed E-state index contributed by atoms with van der Waals surface area (Å²) in [6.07, 6.45) is 1.41. The number of anilines is 1. The van der Waals surface area contributed by atoms with Crippen LogP contribution in [0.4, 0.5) is 9.57 Å². The molecule has 2 N–H and O–H groups in total. The molecule has 0 saturated carbocycles. The van der Waals surface area contributed by atoms with Crippen LogP contribution < -0.4 is 5.73 Å². The molecule has 0 spiro atoms. The number of imidazole rings is 1. The van der Waals surface area contributed by atoms with Crippen LogP contribution in [0, 0.1) is 0 Å². The van der Waals surface area contributed by atoms with E-state index in [1.165, 1.54) is 10.3 Å². The molecule has 1 aromatic heterocycles. The number of hydrogen-bond donors (Lipinski definition) is 1. The molecule has 62 valence electrons. The molecule has 0 aliphatic carbocycles. The van der Waals surface area contributed by atoms with Crippen LogP contribution in [0.3, 0.4) is 0 Å². The Morgan fingerprint density at radius 2 is 2.33 bits per heavy atom. The largest absolute Gasteiger partial charge is 0.397 e. The van der Waals surface area contributed by atoms with Gasteiger partial charge in [-0.1, -0.05) is 6.07 Å². The lowest BCUT2D eigenvalue weighted by Crippen LogP contribution is -1.86. The summed E-state index contributed by atoms with van der Waals surface area (Å²) in [7, 11) is 0. The van der Waals surface area contributed by atoms with Crippen LogP contribution in [0.25, 0.3) is 11.0 Å². The molecule has 0 fully saturated rings. The van der Waals surface area contributed by atoms with Gasteiger partial charge in [-0.15, -0.1) is 3.89 Å². The van der Waals surface area contributed by atoms with Gasteiger partial charge in [0.1, 0.15) is 11.8 Å². The third-order valence-electron chi connectivity index (χ3n) is 1.65. The fourth-order valence-electron chi connectivity index (χ4n) is 1.09. The van der Waals surface area contributed by atoms with Crippen LogP contribution in [-0.4, -0.2) is 8.96 Å². The summed E-state index contributed by atoms with van der Waals surface area (Å²) >= 11 is 0.112. The topological polar surface area (TPSA) is 43.8 Å². The number of nitrogens with two attached hydrogens (primary N) is 1. The molecule has 2 aromatic rings. The highest BCUT2D eigenvalue weighted by atomic mass is 32.2. The van der Waals surface area contributed by atoms with Crippen LogP contribution in [0.1, 0.15) is 0 Å². The minimum atomic E-state index is 0.112.